The maximum Gasteiger partial charge on any atom is 0.123 e. The van der Waals surface area contributed by atoms with Crippen LogP contribution in [0.2, 0.25) is 0 Å². The molecule has 3 aromatic rings. The van der Waals surface area contributed by atoms with Gasteiger partial charge in [0.25, 0.3) is 0 Å². The minimum Gasteiger partial charge on any atom is -0.507 e. The van der Waals surface area contributed by atoms with Gasteiger partial charge in [0.1, 0.15) is 11.5 Å². The summed E-state index contributed by atoms with van der Waals surface area (Å²) in [5.41, 5.74) is 2.04. The fourth-order valence-corrected chi connectivity index (χ4v) is 2.70. The van der Waals surface area contributed by atoms with Gasteiger partial charge in [0.15, 0.2) is 0 Å². The maximum absolute atomic E-state index is 10.2. The second-order valence-electron chi connectivity index (χ2n) is 5.46. The van der Waals surface area contributed by atoms with E-state index in [-0.39, 0.29) is 17.4 Å². The highest BCUT2D eigenvalue weighted by Gasteiger charge is 2.15. The van der Waals surface area contributed by atoms with E-state index in [4.69, 9.17) is 0 Å². The molecular formula is C18H17NO2. The Hall–Kier alpha value is -2.55. The third-order valence-electron chi connectivity index (χ3n) is 3.66. The molecule has 0 saturated carbocycles. The number of nitrogens with zero attached hydrogens (tertiary/aromatic N) is 1. The molecule has 1 aromatic heterocycles. The van der Waals surface area contributed by atoms with Crippen LogP contribution in [0.25, 0.3) is 22.0 Å². The summed E-state index contributed by atoms with van der Waals surface area (Å²) in [5, 5.41) is 22.5. The lowest BCUT2D eigenvalue weighted by molar-refractivity contribution is 0.434. The van der Waals surface area contributed by atoms with Gasteiger partial charge in [0, 0.05) is 22.7 Å². The molecule has 0 spiro atoms. The molecule has 0 bridgehead atoms. The third kappa shape index (κ3) is 2.31. The van der Waals surface area contributed by atoms with Crippen molar-refractivity contribution in [1.29, 1.82) is 0 Å². The summed E-state index contributed by atoms with van der Waals surface area (Å²) >= 11 is 0. The fourth-order valence-electron chi connectivity index (χ4n) is 2.70. The normalized spacial score (nSPS) is 11.2. The Balaban J connectivity index is 2.24. The van der Waals surface area contributed by atoms with E-state index < -0.39 is 0 Å². The second kappa shape index (κ2) is 5.09. The van der Waals surface area contributed by atoms with Gasteiger partial charge in [-0.3, -0.25) is 4.98 Å². The number of aromatic nitrogens is 1. The number of fused-ring (bicyclic) bond motifs is 1. The molecule has 0 amide bonds. The minimum atomic E-state index is 0.0551. The smallest absolute Gasteiger partial charge is 0.123 e. The van der Waals surface area contributed by atoms with Crippen LogP contribution in [-0.2, 0) is 0 Å². The lowest BCUT2D eigenvalue weighted by Crippen LogP contribution is -1.92. The zero-order valence-corrected chi connectivity index (χ0v) is 12.0. The van der Waals surface area contributed by atoms with Crippen LogP contribution < -0.4 is 0 Å². The van der Waals surface area contributed by atoms with E-state index in [0.717, 1.165) is 16.5 Å². The highest BCUT2D eigenvalue weighted by Crippen LogP contribution is 2.39. The van der Waals surface area contributed by atoms with Gasteiger partial charge in [0.05, 0.1) is 5.69 Å². The van der Waals surface area contributed by atoms with Crippen LogP contribution in [-0.4, -0.2) is 15.2 Å². The Morgan fingerprint density at radius 1 is 0.952 bits per heavy atom. The molecule has 0 aliphatic heterocycles. The van der Waals surface area contributed by atoms with Gasteiger partial charge in [-0.1, -0.05) is 38.1 Å². The first-order valence-electron chi connectivity index (χ1n) is 6.98. The monoisotopic (exact) mass is 279 g/mol. The van der Waals surface area contributed by atoms with Crippen molar-refractivity contribution in [2.75, 3.05) is 0 Å². The first-order valence-corrected chi connectivity index (χ1v) is 6.98. The molecule has 2 aromatic carbocycles. The largest absolute Gasteiger partial charge is 0.507 e. The molecule has 3 heteroatoms. The van der Waals surface area contributed by atoms with E-state index in [0.29, 0.717) is 11.1 Å². The first-order chi connectivity index (χ1) is 10.1. The lowest BCUT2D eigenvalue weighted by Gasteiger charge is -2.13. The van der Waals surface area contributed by atoms with Crippen LogP contribution in [0.5, 0.6) is 11.5 Å². The van der Waals surface area contributed by atoms with Gasteiger partial charge in [-0.2, -0.15) is 0 Å². The summed E-state index contributed by atoms with van der Waals surface area (Å²) in [4.78, 5) is 4.41. The van der Waals surface area contributed by atoms with Crippen LogP contribution in [0.1, 0.15) is 25.3 Å². The molecule has 21 heavy (non-hydrogen) atoms. The number of benzene rings is 2. The van der Waals surface area contributed by atoms with E-state index in [9.17, 15) is 10.2 Å². The Bertz CT molecular complexity index is 781. The van der Waals surface area contributed by atoms with Crippen molar-refractivity contribution >= 4 is 10.8 Å². The average Bonchev–Trinajstić information content (AvgIpc) is 2.45. The average molecular weight is 279 g/mol. The maximum atomic E-state index is 10.2. The quantitative estimate of drug-likeness (QED) is 0.729. The van der Waals surface area contributed by atoms with Gasteiger partial charge in [0.2, 0.25) is 0 Å². The van der Waals surface area contributed by atoms with Crippen LogP contribution in [0, 0.1) is 0 Å². The summed E-state index contributed by atoms with van der Waals surface area (Å²) in [5.74, 6) is 0.268. The number of phenols is 2. The molecule has 0 aliphatic rings. The molecule has 3 rings (SSSR count). The van der Waals surface area contributed by atoms with Crippen molar-refractivity contribution in [3.63, 3.8) is 0 Å². The molecule has 1 heterocycles. The molecule has 0 saturated heterocycles. The summed E-state index contributed by atoms with van der Waals surface area (Å²) in [6.07, 6.45) is 1.74. The van der Waals surface area contributed by atoms with E-state index >= 15 is 0 Å². The predicted octanol–water partition coefficient (Wildman–Crippen LogP) is 4.44. The molecule has 3 nitrogen and oxygen atoms in total. The van der Waals surface area contributed by atoms with Crippen molar-refractivity contribution in [3.8, 4) is 22.8 Å². The zero-order valence-electron chi connectivity index (χ0n) is 12.0. The van der Waals surface area contributed by atoms with Crippen molar-refractivity contribution in [1.82, 2.24) is 4.98 Å². The topological polar surface area (TPSA) is 53.4 Å². The van der Waals surface area contributed by atoms with Crippen LogP contribution >= 0.6 is 0 Å². The van der Waals surface area contributed by atoms with Crippen molar-refractivity contribution in [3.05, 3.63) is 54.2 Å². The SMILES string of the molecule is CC(C)c1c(O)cc(-c2nccc3ccccc23)cc1O. The second-order valence-corrected chi connectivity index (χ2v) is 5.46. The van der Waals surface area contributed by atoms with Gasteiger partial charge >= 0.3 is 0 Å². The van der Waals surface area contributed by atoms with Gasteiger partial charge in [-0.15, -0.1) is 0 Å². The summed E-state index contributed by atoms with van der Waals surface area (Å²) in [6.45, 7) is 3.87. The van der Waals surface area contributed by atoms with Crippen molar-refractivity contribution < 1.29 is 10.2 Å². The van der Waals surface area contributed by atoms with E-state index in [1.54, 1.807) is 18.3 Å². The number of hydrogen-bond donors (Lipinski definition) is 2. The Labute approximate surface area is 123 Å². The van der Waals surface area contributed by atoms with Gasteiger partial charge in [-0.05, 0) is 29.5 Å². The molecule has 0 atom stereocenters. The molecule has 0 fully saturated rings. The Kier molecular flexibility index (Phi) is 3.26. The van der Waals surface area contributed by atoms with Crippen LogP contribution in [0.15, 0.2) is 48.7 Å². The standard InChI is InChI=1S/C18H17NO2/c1-11(2)17-15(20)9-13(10-16(17)21)18-14-6-4-3-5-12(14)7-8-19-18/h3-11,20-21H,1-2H3. The lowest BCUT2D eigenvalue weighted by atomic mass is 9.96. The third-order valence-corrected chi connectivity index (χ3v) is 3.66. The zero-order chi connectivity index (χ0) is 15.0. The Morgan fingerprint density at radius 2 is 1.62 bits per heavy atom. The highest BCUT2D eigenvalue weighted by molar-refractivity contribution is 5.94. The van der Waals surface area contributed by atoms with Crippen LogP contribution in [0.3, 0.4) is 0 Å². The molecule has 106 valence electrons. The number of hydrogen-bond acceptors (Lipinski definition) is 3. The summed E-state index contributed by atoms with van der Waals surface area (Å²) in [7, 11) is 0. The molecule has 0 unspecified atom stereocenters. The summed E-state index contributed by atoms with van der Waals surface area (Å²) in [6, 6.07) is 13.2. The van der Waals surface area contributed by atoms with E-state index in [2.05, 4.69) is 4.98 Å². The van der Waals surface area contributed by atoms with Crippen molar-refractivity contribution in [2.45, 2.75) is 19.8 Å². The number of pyridine rings is 1. The highest BCUT2D eigenvalue weighted by atomic mass is 16.3. The van der Waals surface area contributed by atoms with Crippen molar-refractivity contribution in [2.24, 2.45) is 0 Å². The number of aromatic hydroxyl groups is 2. The fraction of sp³-hybridized carbons (Fsp3) is 0.167. The molecular weight excluding hydrogens is 262 g/mol. The number of rotatable bonds is 2. The molecule has 0 radical (unpaired) electrons. The molecule has 2 N–H and O–H groups in total. The van der Waals surface area contributed by atoms with Crippen LogP contribution in [0.4, 0.5) is 0 Å². The van der Waals surface area contributed by atoms with Gasteiger partial charge in [-0.25, -0.2) is 0 Å². The van der Waals surface area contributed by atoms with Gasteiger partial charge < -0.3 is 10.2 Å². The summed E-state index contributed by atoms with van der Waals surface area (Å²) < 4.78 is 0. The first kappa shape index (κ1) is 13.4. The minimum absolute atomic E-state index is 0.0551. The number of phenolic OH excluding ortho intramolecular Hbond substituents is 2. The van der Waals surface area contributed by atoms with E-state index in [1.807, 2.05) is 44.2 Å². The predicted molar refractivity (Wildman–Crippen MR) is 84.6 cm³/mol. The Morgan fingerprint density at radius 3 is 2.29 bits per heavy atom. The van der Waals surface area contributed by atoms with E-state index in [1.165, 1.54) is 0 Å². The molecule has 0 aliphatic carbocycles.